The van der Waals surface area contributed by atoms with Crippen molar-refractivity contribution in [2.24, 2.45) is 0 Å². The predicted molar refractivity (Wildman–Crippen MR) is 47.2 cm³/mol. The van der Waals surface area contributed by atoms with Crippen LogP contribution in [0.4, 0.5) is 0 Å². The van der Waals surface area contributed by atoms with Gasteiger partial charge in [0.1, 0.15) is 5.75 Å². The fraction of sp³-hybridized carbons (Fsp3) is 0. The van der Waals surface area contributed by atoms with Crippen LogP contribution >= 0.6 is 12.6 Å². The smallest absolute Gasteiger partial charge is 0.220 e. The van der Waals surface area contributed by atoms with Gasteiger partial charge in [-0.25, -0.2) is 0 Å². The van der Waals surface area contributed by atoms with E-state index in [2.05, 4.69) is 12.6 Å². The molecular weight excluding hydrogens is 357 g/mol. The zero-order valence-electron chi connectivity index (χ0n) is 5.56. The third-order valence-corrected chi connectivity index (χ3v) is 1.38. The van der Waals surface area contributed by atoms with Gasteiger partial charge >= 0.3 is 0 Å². The number of phenolic OH excluding ortho intramolecular Hbond substituents is 1. The molecule has 0 saturated carbocycles. The second kappa shape index (κ2) is 4.73. The Morgan fingerprint density at radius 1 is 1.36 bits per heavy atom. The molecule has 0 bridgehead atoms. The van der Waals surface area contributed by atoms with Gasteiger partial charge in [0, 0.05) is 26.2 Å². The monoisotopic (exact) mass is 363 g/mol. The van der Waals surface area contributed by atoms with Crippen LogP contribution in [-0.4, -0.2) is 36.4 Å². The molecule has 0 aliphatic rings. The van der Waals surface area contributed by atoms with Gasteiger partial charge in [-0.05, 0) is 12.1 Å². The van der Waals surface area contributed by atoms with E-state index < -0.39 is 5.12 Å². The summed E-state index contributed by atoms with van der Waals surface area (Å²) in [6.45, 7) is 0. The summed E-state index contributed by atoms with van der Waals surface area (Å²) < 4.78 is 0. The van der Waals surface area contributed by atoms with Crippen molar-refractivity contribution in [3.63, 3.8) is 0 Å². The predicted octanol–water partition coefficient (Wildman–Crippen LogP) is 1.08. The first-order chi connectivity index (χ1) is 4.72. The van der Waals surface area contributed by atoms with Crippen molar-refractivity contribution < 1.29 is 9.90 Å². The van der Waals surface area contributed by atoms with Gasteiger partial charge in [0.25, 0.3) is 0 Å². The van der Waals surface area contributed by atoms with Gasteiger partial charge in [-0.15, -0.1) is 12.6 Å². The number of hydrogen-bond acceptors (Lipinski definition) is 2. The molecule has 0 fully saturated rings. The Labute approximate surface area is 89.2 Å². The van der Waals surface area contributed by atoms with Crippen molar-refractivity contribution in [1.82, 2.24) is 0 Å². The van der Waals surface area contributed by atoms with Crippen molar-refractivity contribution in [1.29, 1.82) is 0 Å². The minimum atomic E-state index is -0.418. The van der Waals surface area contributed by atoms with E-state index in [4.69, 9.17) is 5.11 Å². The van der Waals surface area contributed by atoms with E-state index in [1.807, 2.05) is 0 Å². The summed E-state index contributed by atoms with van der Waals surface area (Å²) >= 11 is 3.56. The number of para-hydroxylation sites is 1. The average molecular weight is 363 g/mol. The molecule has 0 unspecified atom stereocenters. The van der Waals surface area contributed by atoms with Crippen LogP contribution in [0.3, 0.4) is 0 Å². The molecule has 0 aliphatic heterocycles. The minimum absolute atomic E-state index is 0. The zero-order chi connectivity index (χ0) is 7.56. The van der Waals surface area contributed by atoms with Crippen LogP contribution in [0, 0.1) is 0 Å². The number of rotatable bonds is 1. The molecule has 0 heterocycles. The van der Waals surface area contributed by atoms with Crippen LogP contribution in [0.2, 0.25) is 0 Å². The molecule has 0 saturated heterocycles. The number of benzene rings is 1. The van der Waals surface area contributed by atoms with Crippen LogP contribution in [0.5, 0.6) is 5.75 Å². The molecule has 57 valence electrons. The maximum Gasteiger partial charge on any atom is 0.220 e. The third-order valence-electron chi connectivity index (χ3n) is 1.13. The van der Waals surface area contributed by atoms with E-state index in [0.29, 0.717) is 0 Å². The van der Waals surface area contributed by atoms with Gasteiger partial charge in [0.15, 0.2) is 0 Å². The standard InChI is InChI=1S/C7H6O2S.Bi/c8-6-4-2-1-3-5(6)7(9)10;/h1-4,8H,(H,9,10);. The molecule has 4 heteroatoms. The van der Waals surface area contributed by atoms with Gasteiger partial charge < -0.3 is 5.11 Å². The Balaban J connectivity index is 0.000001000. The molecular formula is C7H6BiO2S. The van der Waals surface area contributed by atoms with E-state index >= 15 is 0 Å². The van der Waals surface area contributed by atoms with Gasteiger partial charge in [-0.2, -0.15) is 0 Å². The van der Waals surface area contributed by atoms with Gasteiger partial charge in [-0.3, -0.25) is 4.79 Å². The maximum absolute atomic E-state index is 10.6. The Kier molecular flexibility index (Phi) is 4.70. The maximum atomic E-state index is 10.6. The second-order valence-corrected chi connectivity index (χ2v) is 2.23. The molecule has 1 rings (SSSR count). The number of hydrogen-bond donors (Lipinski definition) is 2. The Morgan fingerprint density at radius 3 is 2.27 bits per heavy atom. The van der Waals surface area contributed by atoms with Crippen molar-refractivity contribution in [3.8, 4) is 5.75 Å². The summed E-state index contributed by atoms with van der Waals surface area (Å²) in [7, 11) is 0. The van der Waals surface area contributed by atoms with Gasteiger partial charge in [0.05, 0.1) is 5.56 Å². The number of carbonyl (C=O) groups is 1. The molecule has 0 atom stereocenters. The number of aromatic hydroxyl groups is 1. The molecule has 3 radical (unpaired) electrons. The third kappa shape index (κ3) is 2.80. The molecule has 0 aromatic heterocycles. The Hall–Kier alpha value is -0.0769. The first-order valence-electron chi connectivity index (χ1n) is 2.73. The molecule has 1 N–H and O–H groups in total. The summed E-state index contributed by atoms with van der Waals surface area (Å²) in [5.41, 5.74) is 0.242. The summed E-state index contributed by atoms with van der Waals surface area (Å²) in [5, 5.41) is 8.59. The van der Waals surface area contributed by atoms with E-state index in [9.17, 15) is 4.79 Å². The summed E-state index contributed by atoms with van der Waals surface area (Å²) in [5.74, 6) is -0.0255. The number of phenols is 1. The average Bonchev–Trinajstić information content (AvgIpc) is 1.88. The number of thiol groups is 1. The molecule has 2 nitrogen and oxygen atoms in total. The SMILES string of the molecule is O=C(S)c1ccccc1O.[Bi]. The minimum Gasteiger partial charge on any atom is -0.507 e. The van der Waals surface area contributed by atoms with Crippen LogP contribution in [0.1, 0.15) is 10.4 Å². The molecule has 1 aromatic rings. The molecule has 0 amide bonds. The van der Waals surface area contributed by atoms with Crippen LogP contribution in [0.25, 0.3) is 0 Å². The fourth-order valence-electron chi connectivity index (χ4n) is 0.654. The van der Waals surface area contributed by atoms with E-state index in [-0.39, 0.29) is 37.5 Å². The van der Waals surface area contributed by atoms with E-state index in [1.165, 1.54) is 12.1 Å². The first-order valence-corrected chi connectivity index (χ1v) is 3.18. The topological polar surface area (TPSA) is 37.3 Å². The van der Waals surface area contributed by atoms with Crippen LogP contribution < -0.4 is 0 Å². The fourth-order valence-corrected chi connectivity index (χ4v) is 0.844. The largest absolute Gasteiger partial charge is 0.507 e. The van der Waals surface area contributed by atoms with Crippen LogP contribution in [-0.2, 0) is 0 Å². The molecule has 11 heavy (non-hydrogen) atoms. The summed E-state index contributed by atoms with van der Waals surface area (Å²) in [6, 6.07) is 6.28. The van der Waals surface area contributed by atoms with E-state index in [0.717, 1.165) is 0 Å². The zero-order valence-corrected chi connectivity index (χ0v) is 9.93. The normalized spacial score (nSPS) is 8.45. The molecule has 0 spiro atoms. The Morgan fingerprint density at radius 2 is 1.91 bits per heavy atom. The summed E-state index contributed by atoms with van der Waals surface area (Å²) in [6.07, 6.45) is 0. The Bertz CT molecular complexity index is 262. The molecule has 1 aromatic carbocycles. The summed E-state index contributed by atoms with van der Waals surface area (Å²) in [4.78, 5) is 10.6. The van der Waals surface area contributed by atoms with Gasteiger partial charge in [0.2, 0.25) is 5.12 Å². The first kappa shape index (κ1) is 10.9. The van der Waals surface area contributed by atoms with Gasteiger partial charge in [-0.1, -0.05) is 12.1 Å². The molecule has 0 aliphatic carbocycles. The van der Waals surface area contributed by atoms with Crippen molar-refractivity contribution in [3.05, 3.63) is 29.8 Å². The van der Waals surface area contributed by atoms with E-state index in [1.54, 1.807) is 12.1 Å². The second-order valence-electron chi connectivity index (χ2n) is 1.82. The quantitative estimate of drug-likeness (QED) is 0.579. The van der Waals surface area contributed by atoms with Crippen molar-refractivity contribution in [2.45, 2.75) is 0 Å². The van der Waals surface area contributed by atoms with Crippen molar-refractivity contribution >= 4 is 43.9 Å². The van der Waals surface area contributed by atoms with Crippen LogP contribution in [0.15, 0.2) is 24.3 Å². The van der Waals surface area contributed by atoms with Crippen molar-refractivity contribution in [2.75, 3.05) is 0 Å². The number of carbonyl (C=O) groups excluding carboxylic acids is 1.